The average molecular weight is 818 g/mol. The number of nitrogens with one attached hydrogen (secondary N) is 1. The molecule has 0 rings (SSSR count). The summed E-state index contributed by atoms with van der Waals surface area (Å²) in [6, 6.07) is -0.742. The second-order valence-corrected chi connectivity index (χ2v) is 18.1. The Morgan fingerprint density at radius 2 is 0.724 bits per heavy atom. The van der Waals surface area contributed by atoms with Gasteiger partial charge in [0.2, 0.25) is 5.91 Å². The average Bonchev–Trinajstić information content (AvgIpc) is 3.22. The first kappa shape index (κ1) is 56.8. The molecule has 1 amide bonds. The van der Waals surface area contributed by atoms with E-state index in [1.165, 1.54) is 231 Å². The number of unbranched alkanes of at least 4 members (excludes halogenated alkanes) is 37. The van der Waals surface area contributed by atoms with Gasteiger partial charge in [0.15, 0.2) is 0 Å². The zero-order chi connectivity index (χ0) is 42.3. The second-order valence-electron chi connectivity index (χ2n) is 18.1. The van der Waals surface area contributed by atoms with Crippen molar-refractivity contribution in [2.24, 2.45) is 0 Å². The Morgan fingerprint density at radius 1 is 0.431 bits per heavy atom. The highest BCUT2D eigenvalue weighted by Crippen LogP contribution is 2.17. The maximum atomic E-state index is 12.5. The molecule has 3 atom stereocenters. The molecule has 5 nitrogen and oxygen atoms in total. The number of hydrogen-bond acceptors (Lipinski definition) is 4. The van der Waals surface area contributed by atoms with E-state index in [0.717, 1.165) is 25.7 Å². The minimum atomic E-state index is -0.927. The molecule has 0 saturated carbocycles. The van der Waals surface area contributed by atoms with E-state index in [0.29, 0.717) is 6.42 Å². The van der Waals surface area contributed by atoms with Crippen LogP contribution >= 0.6 is 0 Å². The first-order chi connectivity index (χ1) is 28.5. The maximum Gasteiger partial charge on any atom is 0.222 e. The molecule has 0 heterocycles. The maximum absolute atomic E-state index is 12.5. The van der Waals surface area contributed by atoms with Gasteiger partial charge in [0.05, 0.1) is 31.3 Å². The Balaban J connectivity index is 3.54. The Labute approximate surface area is 362 Å². The van der Waals surface area contributed by atoms with Crippen LogP contribution in [0.1, 0.15) is 284 Å². The Hall–Kier alpha value is -1.17. The normalized spacial score (nSPS) is 13.5. The molecule has 0 aromatic carbocycles. The number of aliphatic hydroxyl groups excluding tert-OH is 3. The second kappa shape index (κ2) is 48.5. The van der Waals surface area contributed by atoms with Gasteiger partial charge in [-0.2, -0.15) is 0 Å². The summed E-state index contributed by atoms with van der Waals surface area (Å²) in [6.45, 7) is 4.23. The van der Waals surface area contributed by atoms with Gasteiger partial charge in [-0.15, -0.1) is 0 Å². The van der Waals surface area contributed by atoms with E-state index >= 15 is 0 Å². The molecule has 0 aliphatic heterocycles. The van der Waals surface area contributed by atoms with Gasteiger partial charge >= 0.3 is 0 Å². The summed E-state index contributed by atoms with van der Waals surface area (Å²) in [7, 11) is 0. The van der Waals surface area contributed by atoms with Crippen molar-refractivity contribution in [2.75, 3.05) is 6.61 Å². The van der Waals surface area contributed by atoms with Crippen LogP contribution in [0.4, 0.5) is 0 Å². The van der Waals surface area contributed by atoms with E-state index in [4.69, 9.17) is 0 Å². The zero-order valence-electron chi connectivity index (χ0n) is 39.2. The number of carbonyl (C=O) groups excluding carboxylic acids is 1. The topological polar surface area (TPSA) is 89.8 Å². The minimum Gasteiger partial charge on any atom is -0.394 e. The van der Waals surface area contributed by atoms with Crippen LogP contribution in [0.25, 0.3) is 0 Å². The predicted molar refractivity (Wildman–Crippen MR) is 255 cm³/mol. The lowest BCUT2D eigenvalue weighted by Gasteiger charge is -2.21. The highest BCUT2D eigenvalue weighted by atomic mass is 16.3. The highest BCUT2D eigenvalue weighted by Gasteiger charge is 2.20. The molecule has 0 fully saturated rings. The fourth-order valence-electron chi connectivity index (χ4n) is 8.22. The first-order valence-electron chi connectivity index (χ1n) is 26.1. The van der Waals surface area contributed by atoms with Gasteiger partial charge in [-0.25, -0.2) is 0 Å². The largest absolute Gasteiger partial charge is 0.394 e. The molecule has 344 valence electrons. The number of allylic oxidation sites excluding steroid dienone is 3. The molecule has 0 aromatic heterocycles. The van der Waals surface area contributed by atoms with Crippen molar-refractivity contribution in [1.82, 2.24) is 5.32 Å². The molecule has 0 aliphatic rings. The van der Waals surface area contributed by atoms with E-state index in [1.54, 1.807) is 6.08 Å². The Bertz CT molecular complexity index is 859. The van der Waals surface area contributed by atoms with Crippen LogP contribution in [0.15, 0.2) is 24.3 Å². The van der Waals surface area contributed by atoms with Crippen molar-refractivity contribution in [3.05, 3.63) is 24.3 Å². The van der Waals surface area contributed by atoms with E-state index < -0.39 is 18.2 Å². The quantitative estimate of drug-likeness (QED) is 0.0364. The fraction of sp³-hybridized carbons (Fsp3) is 0.906. The molecule has 0 aromatic rings. The number of rotatable bonds is 48. The van der Waals surface area contributed by atoms with Crippen molar-refractivity contribution in [1.29, 1.82) is 0 Å². The Kier molecular flexibility index (Phi) is 47.5. The third-order valence-electron chi connectivity index (χ3n) is 12.2. The van der Waals surface area contributed by atoms with Crippen LogP contribution in [0, 0.1) is 0 Å². The molecule has 58 heavy (non-hydrogen) atoms. The van der Waals surface area contributed by atoms with Gasteiger partial charge in [0, 0.05) is 0 Å². The van der Waals surface area contributed by atoms with Crippen molar-refractivity contribution < 1.29 is 20.1 Å². The van der Waals surface area contributed by atoms with Gasteiger partial charge in [-0.3, -0.25) is 4.79 Å². The van der Waals surface area contributed by atoms with Crippen LogP contribution in [-0.4, -0.2) is 46.1 Å². The summed E-state index contributed by atoms with van der Waals surface area (Å²) in [6.07, 6.45) is 60.7. The smallest absolute Gasteiger partial charge is 0.222 e. The molecule has 0 spiro atoms. The van der Waals surface area contributed by atoms with Gasteiger partial charge in [-0.05, 0) is 44.9 Å². The van der Waals surface area contributed by atoms with E-state index in [1.807, 2.05) is 6.08 Å². The summed E-state index contributed by atoms with van der Waals surface area (Å²) in [5.41, 5.74) is 0. The lowest BCUT2D eigenvalue weighted by molar-refractivity contribution is -0.124. The SMILES string of the molecule is CCCCCCCCCCCCCC/C=C\CCCCCCCCCCCCCCC(O)CC(=O)NC(CO)C(O)/C=C/CCCCCCCCCCCCCCC. The zero-order valence-corrected chi connectivity index (χ0v) is 39.2. The molecule has 0 aliphatic carbocycles. The third-order valence-corrected chi connectivity index (χ3v) is 12.2. The molecule has 0 saturated heterocycles. The summed E-state index contributed by atoms with van der Waals surface area (Å²) in [4.78, 5) is 12.5. The van der Waals surface area contributed by atoms with Crippen LogP contribution in [-0.2, 0) is 4.79 Å². The minimum absolute atomic E-state index is 0.0160. The molecule has 3 unspecified atom stereocenters. The summed E-state index contributed by atoms with van der Waals surface area (Å²) < 4.78 is 0. The molecule has 0 bridgehead atoms. The van der Waals surface area contributed by atoms with Crippen molar-refractivity contribution >= 4 is 5.91 Å². The highest BCUT2D eigenvalue weighted by molar-refractivity contribution is 5.76. The summed E-state index contributed by atoms with van der Waals surface area (Å²) >= 11 is 0. The number of hydrogen-bond donors (Lipinski definition) is 4. The molecule has 4 N–H and O–H groups in total. The van der Waals surface area contributed by atoms with Gasteiger partial charge in [-0.1, -0.05) is 256 Å². The molecular weight excluding hydrogens is 715 g/mol. The summed E-state index contributed by atoms with van der Waals surface area (Å²) in [5, 5.41) is 33.3. The number of amides is 1. The van der Waals surface area contributed by atoms with Crippen LogP contribution in [0.5, 0.6) is 0 Å². The van der Waals surface area contributed by atoms with E-state index in [9.17, 15) is 20.1 Å². The molecule has 0 radical (unpaired) electrons. The van der Waals surface area contributed by atoms with Crippen LogP contribution < -0.4 is 5.32 Å². The third kappa shape index (κ3) is 44.4. The van der Waals surface area contributed by atoms with Crippen molar-refractivity contribution in [2.45, 2.75) is 302 Å². The van der Waals surface area contributed by atoms with Crippen molar-refractivity contribution in [3.63, 3.8) is 0 Å². The monoisotopic (exact) mass is 818 g/mol. The molecular formula is C53H103NO4. The van der Waals surface area contributed by atoms with E-state index in [2.05, 4.69) is 31.3 Å². The van der Waals surface area contributed by atoms with Gasteiger partial charge in [0.25, 0.3) is 0 Å². The van der Waals surface area contributed by atoms with Gasteiger partial charge < -0.3 is 20.6 Å². The van der Waals surface area contributed by atoms with E-state index in [-0.39, 0.29) is 18.9 Å². The molecule has 5 heteroatoms. The van der Waals surface area contributed by atoms with Crippen LogP contribution in [0.3, 0.4) is 0 Å². The van der Waals surface area contributed by atoms with Crippen LogP contribution in [0.2, 0.25) is 0 Å². The summed E-state index contributed by atoms with van der Waals surface area (Å²) in [5.74, 6) is -0.312. The lowest BCUT2D eigenvalue weighted by atomic mass is 10.0. The fourth-order valence-corrected chi connectivity index (χ4v) is 8.22. The Morgan fingerprint density at radius 3 is 1.05 bits per heavy atom. The predicted octanol–water partition coefficient (Wildman–Crippen LogP) is 15.7. The number of carbonyl (C=O) groups is 1. The standard InChI is InChI=1S/C53H103NO4/c1-3-5-7-9-11-13-15-17-19-20-21-22-23-24-25-26-27-28-29-30-31-33-34-36-38-40-42-44-46-50(56)48-53(58)54-51(49-55)52(57)47-45-43-41-39-37-35-32-18-16-14-12-10-8-6-4-2/h24-25,45,47,50-52,55-57H,3-23,26-44,46,48-49H2,1-2H3,(H,54,58)/b25-24-,47-45+. The van der Waals surface area contributed by atoms with Crippen molar-refractivity contribution in [3.8, 4) is 0 Å². The lowest BCUT2D eigenvalue weighted by Crippen LogP contribution is -2.45. The number of aliphatic hydroxyl groups is 3. The van der Waals surface area contributed by atoms with Gasteiger partial charge in [0.1, 0.15) is 0 Å². The first-order valence-corrected chi connectivity index (χ1v) is 26.1.